The van der Waals surface area contributed by atoms with Gasteiger partial charge in [0, 0.05) is 32.7 Å². The van der Waals surface area contributed by atoms with Crippen LogP contribution in [-0.2, 0) is 13.6 Å². The number of carboxylic acids is 1. The first kappa shape index (κ1) is 11.1. The van der Waals surface area contributed by atoms with Gasteiger partial charge in [0.25, 0.3) is 0 Å². The number of carboxylic acid groups (broad SMARTS) is 1. The summed E-state index contributed by atoms with van der Waals surface area (Å²) >= 11 is 0. The highest BCUT2D eigenvalue weighted by molar-refractivity contribution is 5.88. The van der Waals surface area contributed by atoms with Crippen molar-refractivity contribution in [3.8, 4) is 0 Å². The average Bonchev–Trinajstić information content (AvgIpc) is 2.76. The van der Waals surface area contributed by atoms with Gasteiger partial charge in [-0.1, -0.05) is 0 Å². The molecule has 0 aliphatic carbocycles. The Bertz CT molecular complexity index is 402. The fourth-order valence-corrected chi connectivity index (χ4v) is 2.05. The summed E-state index contributed by atoms with van der Waals surface area (Å²) in [7, 11) is 1.76. The van der Waals surface area contributed by atoms with Gasteiger partial charge in [-0.15, -0.1) is 0 Å². The third-order valence-electron chi connectivity index (χ3n) is 2.97. The van der Waals surface area contributed by atoms with Crippen LogP contribution >= 0.6 is 0 Å². The van der Waals surface area contributed by atoms with Crippen molar-refractivity contribution in [3.05, 3.63) is 17.5 Å². The third kappa shape index (κ3) is 2.07. The Hall–Kier alpha value is -1.40. The highest BCUT2D eigenvalue weighted by Gasteiger charge is 2.23. The largest absolute Gasteiger partial charge is 0.478 e. The van der Waals surface area contributed by atoms with E-state index in [1.54, 1.807) is 11.7 Å². The summed E-state index contributed by atoms with van der Waals surface area (Å²) in [5.41, 5.74) is 6.83. The van der Waals surface area contributed by atoms with Crippen molar-refractivity contribution in [2.24, 2.45) is 12.8 Å². The maximum atomic E-state index is 11.0. The van der Waals surface area contributed by atoms with Gasteiger partial charge in [0.05, 0.1) is 11.9 Å². The van der Waals surface area contributed by atoms with E-state index in [9.17, 15) is 4.79 Å². The SMILES string of the molecule is Cn1ncc(C(=O)O)c1CN1CCC(N)C1. The average molecular weight is 224 g/mol. The van der Waals surface area contributed by atoms with Crippen LogP contribution in [0.4, 0.5) is 0 Å². The van der Waals surface area contributed by atoms with Gasteiger partial charge in [0.1, 0.15) is 5.56 Å². The standard InChI is InChI=1S/C10H16N4O2/c1-13-9(8(4-12-13)10(15)16)6-14-3-2-7(11)5-14/h4,7H,2-3,5-6,11H2,1H3,(H,15,16). The summed E-state index contributed by atoms with van der Waals surface area (Å²) in [5, 5.41) is 13.0. The molecule has 0 saturated carbocycles. The van der Waals surface area contributed by atoms with E-state index in [4.69, 9.17) is 10.8 Å². The number of aromatic carboxylic acids is 1. The Morgan fingerprint density at radius 3 is 3.06 bits per heavy atom. The molecule has 3 N–H and O–H groups in total. The van der Waals surface area contributed by atoms with Gasteiger partial charge in [-0.2, -0.15) is 5.10 Å². The first-order valence-corrected chi connectivity index (χ1v) is 5.30. The van der Waals surface area contributed by atoms with Crippen LogP contribution < -0.4 is 5.73 Å². The molecule has 0 radical (unpaired) electrons. The highest BCUT2D eigenvalue weighted by Crippen LogP contribution is 2.15. The number of carbonyl (C=O) groups is 1. The molecule has 1 aromatic rings. The smallest absolute Gasteiger partial charge is 0.339 e. The Morgan fingerprint density at radius 2 is 2.50 bits per heavy atom. The molecule has 1 aliphatic rings. The summed E-state index contributed by atoms with van der Waals surface area (Å²) < 4.78 is 1.62. The van der Waals surface area contributed by atoms with E-state index in [0.29, 0.717) is 6.54 Å². The molecule has 1 aliphatic heterocycles. The normalized spacial score (nSPS) is 21.5. The van der Waals surface area contributed by atoms with Crippen molar-refractivity contribution in [2.45, 2.75) is 19.0 Å². The topological polar surface area (TPSA) is 84.4 Å². The summed E-state index contributed by atoms with van der Waals surface area (Å²) in [5.74, 6) is -0.924. The fourth-order valence-electron chi connectivity index (χ4n) is 2.05. The molecule has 88 valence electrons. The summed E-state index contributed by atoms with van der Waals surface area (Å²) in [6.07, 6.45) is 2.37. The molecular weight excluding hydrogens is 208 g/mol. The van der Waals surface area contributed by atoms with Gasteiger partial charge in [0.15, 0.2) is 0 Å². The van der Waals surface area contributed by atoms with Crippen molar-refractivity contribution >= 4 is 5.97 Å². The zero-order chi connectivity index (χ0) is 11.7. The van der Waals surface area contributed by atoms with Crippen LogP contribution in [-0.4, -0.2) is 44.9 Å². The van der Waals surface area contributed by atoms with E-state index in [0.717, 1.165) is 25.2 Å². The van der Waals surface area contributed by atoms with Crippen LogP contribution in [0.15, 0.2) is 6.20 Å². The Morgan fingerprint density at radius 1 is 1.75 bits per heavy atom. The summed E-state index contributed by atoms with van der Waals surface area (Å²) in [6.45, 7) is 2.35. The highest BCUT2D eigenvalue weighted by atomic mass is 16.4. The zero-order valence-electron chi connectivity index (χ0n) is 9.26. The molecule has 2 heterocycles. The number of aryl methyl sites for hydroxylation is 1. The van der Waals surface area contributed by atoms with Crippen molar-refractivity contribution in [2.75, 3.05) is 13.1 Å². The number of hydrogen-bond acceptors (Lipinski definition) is 4. The molecule has 6 nitrogen and oxygen atoms in total. The van der Waals surface area contributed by atoms with Crippen LogP contribution in [0.1, 0.15) is 22.5 Å². The van der Waals surface area contributed by atoms with Gasteiger partial charge in [0.2, 0.25) is 0 Å². The van der Waals surface area contributed by atoms with Gasteiger partial charge >= 0.3 is 5.97 Å². The van der Waals surface area contributed by atoms with E-state index in [-0.39, 0.29) is 11.6 Å². The van der Waals surface area contributed by atoms with Gasteiger partial charge in [-0.25, -0.2) is 4.79 Å². The van der Waals surface area contributed by atoms with Crippen LogP contribution in [0.2, 0.25) is 0 Å². The number of likely N-dealkylation sites (tertiary alicyclic amines) is 1. The first-order chi connectivity index (χ1) is 7.58. The van der Waals surface area contributed by atoms with Crippen molar-refractivity contribution in [3.63, 3.8) is 0 Å². The minimum absolute atomic E-state index is 0.210. The Kier molecular flexibility index (Phi) is 2.93. The maximum absolute atomic E-state index is 11.0. The van der Waals surface area contributed by atoms with Crippen LogP contribution in [0.5, 0.6) is 0 Å². The molecule has 1 atom stereocenters. The zero-order valence-corrected chi connectivity index (χ0v) is 9.26. The molecule has 2 rings (SSSR count). The summed E-state index contributed by atoms with van der Waals surface area (Å²) in [6, 6.07) is 0.210. The third-order valence-corrected chi connectivity index (χ3v) is 2.97. The molecule has 0 bridgehead atoms. The quantitative estimate of drug-likeness (QED) is 0.733. The fraction of sp³-hybridized carbons (Fsp3) is 0.600. The van der Waals surface area contributed by atoms with Crippen molar-refractivity contribution < 1.29 is 9.90 Å². The number of aromatic nitrogens is 2. The maximum Gasteiger partial charge on any atom is 0.339 e. The molecule has 1 saturated heterocycles. The molecule has 1 aromatic heterocycles. The monoisotopic (exact) mass is 224 g/mol. The Labute approximate surface area is 93.6 Å². The van der Waals surface area contributed by atoms with Gasteiger partial charge < -0.3 is 10.8 Å². The lowest BCUT2D eigenvalue weighted by Gasteiger charge is -2.15. The molecule has 16 heavy (non-hydrogen) atoms. The van der Waals surface area contributed by atoms with E-state index < -0.39 is 5.97 Å². The second-order valence-corrected chi connectivity index (χ2v) is 4.22. The van der Waals surface area contributed by atoms with Crippen LogP contribution in [0.25, 0.3) is 0 Å². The Balaban J connectivity index is 2.14. The minimum atomic E-state index is -0.924. The molecule has 6 heteroatoms. The number of hydrogen-bond donors (Lipinski definition) is 2. The van der Waals surface area contributed by atoms with Crippen LogP contribution in [0, 0.1) is 0 Å². The molecule has 0 spiro atoms. The molecule has 1 unspecified atom stereocenters. The molecule has 0 amide bonds. The minimum Gasteiger partial charge on any atom is -0.478 e. The van der Waals surface area contributed by atoms with E-state index >= 15 is 0 Å². The van der Waals surface area contributed by atoms with Crippen molar-refractivity contribution in [1.29, 1.82) is 0 Å². The predicted molar refractivity (Wildman–Crippen MR) is 58.0 cm³/mol. The first-order valence-electron chi connectivity index (χ1n) is 5.30. The lowest BCUT2D eigenvalue weighted by molar-refractivity contribution is 0.0694. The van der Waals surface area contributed by atoms with Crippen LogP contribution in [0.3, 0.4) is 0 Å². The number of rotatable bonds is 3. The second kappa shape index (κ2) is 4.23. The van der Waals surface area contributed by atoms with E-state index in [1.165, 1.54) is 6.20 Å². The van der Waals surface area contributed by atoms with Crippen molar-refractivity contribution in [1.82, 2.24) is 14.7 Å². The lowest BCUT2D eigenvalue weighted by Crippen LogP contribution is -2.27. The molecule has 1 fully saturated rings. The number of nitrogens with two attached hydrogens (primary N) is 1. The van der Waals surface area contributed by atoms with Gasteiger partial charge in [-0.3, -0.25) is 9.58 Å². The molecule has 0 aromatic carbocycles. The van der Waals surface area contributed by atoms with Gasteiger partial charge in [-0.05, 0) is 6.42 Å². The predicted octanol–water partition coefficient (Wildman–Crippen LogP) is -0.349. The second-order valence-electron chi connectivity index (χ2n) is 4.22. The van der Waals surface area contributed by atoms with E-state index in [2.05, 4.69) is 10.00 Å². The summed E-state index contributed by atoms with van der Waals surface area (Å²) in [4.78, 5) is 13.1. The number of nitrogens with zero attached hydrogens (tertiary/aromatic N) is 3. The van der Waals surface area contributed by atoms with E-state index in [1.807, 2.05) is 0 Å². The molecular formula is C10H16N4O2. The lowest BCUT2D eigenvalue weighted by atomic mass is 10.2.